The van der Waals surface area contributed by atoms with Crippen molar-refractivity contribution in [3.8, 4) is 0 Å². The van der Waals surface area contributed by atoms with Crippen molar-refractivity contribution in [2.45, 2.75) is 6.61 Å². The van der Waals surface area contributed by atoms with Crippen molar-refractivity contribution >= 4 is 6.09 Å². The van der Waals surface area contributed by atoms with E-state index in [-0.39, 0.29) is 12.0 Å². The Hall–Kier alpha value is -2.03. The average Bonchev–Trinajstić information content (AvgIpc) is 2.78. The number of hydrogen-bond acceptors (Lipinski definition) is 2. The Morgan fingerprint density at radius 1 is 1.44 bits per heavy atom. The highest BCUT2D eigenvalue weighted by atomic mass is 16.6. The fourth-order valence-electron chi connectivity index (χ4n) is 1.98. The molecule has 1 aromatic carbocycles. The van der Waals surface area contributed by atoms with Gasteiger partial charge in [-0.3, -0.25) is 0 Å². The second kappa shape index (κ2) is 5.54. The van der Waals surface area contributed by atoms with Crippen molar-refractivity contribution in [1.29, 1.82) is 0 Å². The molecular weight excluding hydrogens is 226 g/mol. The Morgan fingerprint density at radius 2 is 2.17 bits per heavy atom. The van der Waals surface area contributed by atoms with Gasteiger partial charge in [-0.05, 0) is 11.1 Å². The molecule has 1 amide bonds. The van der Waals surface area contributed by atoms with Gasteiger partial charge in [-0.25, -0.2) is 4.79 Å². The van der Waals surface area contributed by atoms with Gasteiger partial charge in [-0.2, -0.15) is 0 Å². The van der Waals surface area contributed by atoms with E-state index >= 15 is 0 Å². The number of rotatable bonds is 3. The minimum Gasteiger partial charge on any atom is -0.445 e. The lowest BCUT2D eigenvalue weighted by molar-refractivity contribution is 0.104. The molecule has 1 heterocycles. The number of nitrogens with zero attached hydrogens (tertiary/aromatic N) is 1. The molecule has 1 aromatic rings. The molecule has 0 aliphatic carbocycles. The standard InChI is InChI=1S/C15H17NO2/c1-3-14-10-16(9-12(14)2)15(17)18-11-13-7-5-4-6-8-13/h3-8,14H,1-2,9-11H2. The number of hydrogen-bond donors (Lipinski definition) is 0. The minimum atomic E-state index is -0.288. The number of amides is 1. The molecule has 18 heavy (non-hydrogen) atoms. The lowest BCUT2D eigenvalue weighted by Gasteiger charge is -2.15. The van der Waals surface area contributed by atoms with Gasteiger partial charge >= 0.3 is 6.09 Å². The third kappa shape index (κ3) is 2.80. The first kappa shape index (κ1) is 12.4. The molecule has 0 saturated carbocycles. The van der Waals surface area contributed by atoms with Gasteiger partial charge < -0.3 is 9.64 Å². The summed E-state index contributed by atoms with van der Waals surface area (Å²) in [6.07, 6.45) is 1.54. The maximum absolute atomic E-state index is 11.9. The van der Waals surface area contributed by atoms with Crippen molar-refractivity contribution in [2.24, 2.45) is 5.92 Å². The summed E-state index contributed by atoms with van der Waals surface area (Å²) in [4.78, 5) is 13.5. The van der Waals surface area contributed by atoms with Crippen LogP contribution in [0.1, 0.15) is 5.56 Å². The van der Waals surface area contributed by atoms with Crippen molar-refractivity contribution < 1.29 is 9.53 Å². The first-order chi connectivity index (χ1) is 8.70. The number of ether oxygens (including phenoxy) is 1. The zero-order valence-electron chi connectivity index (χ0n) is 10.3. The molecule has 1 atom stereocenters. The lowest BCUT2D eigenvalue weighted by atomic mass is 10.1. The molecule has 3 nitrogen and oxygen atoms in total. The normalized spacial score (nSPS) is 18.8. The highest BCUT2D eigenvalue weighted by molar-refractivity contribution is 5.69. The van der Waals surface area contributed by atoms with Crippen LogP contribution in [0.5, 0.6) is 0 Å². The molecule has 1 unspecified atom stereocenters. The van der Waals surface area contributed by atoms with Crippen LogP contribution in [0.15, 0.2) is 55.1 Å². The van der Waals surface area contributed by atoms with Gasteiger partial charge in [0.25, 0.3) is 0 Å². The summed E-state index contributed by atoms with van der Waals surface area (Å²) >= 11 is 0. The third-order valence-corrected chi connectivity index (χ3v) is 3.08. The monoisotopic (exact) mass is 243 g/mol. The van der Waals surface area contributed by atoms with Crippen LogP contribution in [0.4, 0.5) is 4.79 Å². The Kier molecular flexibility index (Phi) is 3.82. The van der Waals surface area contributed by atoms with Crippen LogP contribution in [-0.2, 0) is 11.3 Å². The van der Waals surface area contributed by atoms with Gasteiger partial charge in [0.15, 0.2) is 0 Å². The van der Waals surface area contributed by atoms with E-state index < -0.39 is 0 Å². The minimum absolute atomic E-state index is 0.189. The Balaban J connectivity index is 1.86. The van der Waals surface area contributed by atoms with E-state index in [2.05, 4.69) is 13.2 Å². The van der Waals surface area contributed by atoms with Crippen molar-refractivity contribution in [3.63, 3.8) is 0 Å². The summed E-state index contributed by atoms with van der Waals surface area (Å²) in [5.41, 5.74) is 2.01. The van der Waals surface area contributed by atoms with Crippen LogP contribution < -0.4 is 0 Å². The Labute approximate surface area is 107 Å². The van der Waals surface area contributed by atoms with Crippen LogP contribution in [0.2, 0.25) is 0 Å². The van der Waals surface area contributed by atoms with E-state index in [0.717, 1.165) is 11.1 Å². The maximum atomic E-state index is 11.9. The lowest BCUT2D eigenvalue weighted by Crippen LogP contribution is -2.29. The van der Waals surface area contributed by atoms with Gasteiger partial charge in [0, 0.05) is 19.0 Å². The van der Waals surface area contributed by atoms with E-state index in [9.17, 15) is 4.79 Å². The molecule has 1 aliphatic heterocycles. The molecule has 1 fully saturated rings. The molecule has 0 bridgehead atoms. The Morgan fingerprint density at radius 3 is 2.78 bits per heavy atom. The van der Waals surface area contributed by atoms with Gasteiger partial charge in [0.1, 0.15) is 6.61 Å². The molecule has 1 saturated heterocycles. The highest BCUT2D eigenvalue weighted by Crippen LogP contribution is 2.22. The maximum Gasteiger partial charge on any atom is 0.410 e. The largest absolute Gasteiger partial charge is 0.445 e. The SMILES string of the molecule is C=CC1CN(C(=O)OCc2ccccc2)CC1=C. The summed E-state index contributed by atoms with van der Waals surface area (Å²) in [5.74, 6) is 0.189. The number of carbonyl (C=O) groups is 1. The second-order valence-electron chi connectivity index (χ2n) is 4.42. The van der Waals surface area contributed by atoms with Crippen molar-refractivity contribution in [1.82, 2.24) is 4.90 Å². The molecule has 0 radical (unpaired) electrons. The Bertz CT molecular complexity index is 453. The zero-order chi connectivity index (χ0) is 13.0. The van der Waals surface area contributed by atoms with E-state index in [1.54, 1.807) is 4.90 Å². The van der Waals surface area contributed by atoms with Gasteiger partial charge in [-0.1, -0.05) is 43.0 Å². The number of likely N-dealkylation sites (tertiary alicyclic amines) is 1. The van der Waals surface area contributed by atoms with E-state index in [0.29, 0.717) is 19.7 Å². The zero-order valence-corrected chi connectivity index (χ0v) is 10.3. The summed E-state index contributed by atoms with van der Waals surface area (Å²) in [6, 6.07) is 9.65. The first-order valence-electron chi connectivity index (χ1n) is 5.96. The molecule has 3 heteroatoms. The fraction of sp³-hybridized carbons (Fsp3) is 0.267. The molecule has 0 aromatic heterocycles. The van der Waals surface area contributed by atoms with Gasteiger partial charge in [0.2, 0.25) is 0 Å². The van der Waals surface area contributed by atoms with Gasteiger partial charge in [-0.15, -0.1) is 6.58 Å². The highest BCUT2D eigenvalue weighted by Gasteiger charge is 2.28. The molecule has 94 valence electrons. The van der Waals surface area contributed by atoms with Crippen LogP contribution in [0.3, 0.4) is 0 Å². The fourth-order valence-corrected chi connectivity index (χ4v) is 1.98. The van der Waals surface area contributed by atoms with E-state index in [1.807, 2.05) is 36.4 Å². The summed E-state index contributed by atoms with van der Waals surface area (Å²) in [5, 5.41) is 0. The van der Waals surface area contributed by atoms with Crippen LogP contribution >= 0.6 is 0 Å². The van der Waals surface area contributed by atoms with Crippen LogP contribution in [0.25, 0.3) is 0 Å². The molecule has 0 N–H and O–H groups in total. The van der Waals surface area contributed by atoms with Crippen LogP contribution in [-0.4, -0.2) is 24.1 Å². The van der Waals surface area contributed by atoms with Crippen LogP contribution in [0, 0.1) is 5.92 Å². The summed E-state index contributed by atoms with van der Waals surface area (Å²) < 4.78 is 5.26. The number of carbonyl (C=O) groups excluding carboxylic acids is 1. The summed E-state index contributed by atoms with van der Waals surface area (Å²) in [7, 11) is 0. The average molecular weight is 243 g/mol. The molecular formula is C15H17NO2. The van der Waals surface area contributed by atoms with Crippen molar-refractivity contribution in [3.05, 3.63) is 60.7 Å². The molecule has 1 aliphatic rings. The van der Waals surface area contributed by atoms with Gasteiger partial charge in [0.05, 0.1) is 0 Å². The second-order valence-corrected chi connectivity index (χ2v) is 4.42. The molecule has 0 spiro atoms. The quantitative estimate of drug-likeness (QED) is 0.764. The van der Waals surface area contributed by atoms with Crippen molar-refractivity contribution in [2.75, 3.05) is 13.1 Å². The van der Waals surface area contributed by atoms with E-state index in [4.69, 9.17) is 4.74 Å². The predicted molar refractivity (Wildman–Crippen MR) is 71.0 cm³/mol. The third-order valence-electron chi connectivity index (χ3n) is 3.08. The summed E-state index contributed by atoms with van der Waals surface area (Å²) in [6.45, 7) is 9.17. The first-order valence-corrected chi connectivity index (χ1v) is 5.96. The van der Waals surface area contributed by atoms with E-state index in [1.165, 1.54) is 0 Å². The topological polar surface area (TPSA) is 29.5 Å². The predicted octanol–water partition coefficient (Wildman–Crippen LogP) is 3.00. The smallest absolute Gasteiger partial charge is 0.410 e. The molecule has 2 rings (SSSR count). The number of benzene rings is 1.